The Bertz CT molecular complexity index is 876. The largest absolute Gasteiger partial charge is 0.449 e. The van der Waals surface area contributed by atoms with Gasteiger partial charge in [0.05, 0.1) is 5.56 Å². The second-order valence-electron chi connectivity index (χ2n) is 4.40. The fourth-order valence-corrected chi connectivity index (χ4v) is 1.93. The molecule has 108 valence electrons. The Labute approximate surface area is 131 Å². The molecule has 0 N–H and O–H groups in total. The van der Waals surface area contributed by atoms with Crippen LogP contribution in [0.25, 0.3) is 5.65 Å². The smallest absolute Gasteiger partial charge is 0.340 e. The van der Waals surface area contributed by atoms with Gasteiger partial charge in [-0.05, 0) is 36.4 Å². The van der Waals surface area contributed by atoms with Gasteiger partial charge < -0.3 is 4.74 Å². The molecule has 0 spiro atoms. The van der Waals surface area contributed by atoms with Crippen molar-refractivity contribution in [3.63, 3.8) is 0 Å². The van der Waals surface area contributed by atoms with E-state index in [0.29, 0.717) is 16.2 Å². The van der Waals surface area contributed by atoms with Gasteiger partial charge in [-0.15, -0.1) is 10.2 Å². The molecule has 6 heteroatoms. The maximum Gasteiger partial charge on any atom is 0.340 e. The molecule has 3 aromatic rings. The molecule has 0 radical (unpaired) electrons. The van der Waals surface area contributed by atoms with Crippen LogP contribution in [0.5, 0.6) is 0 Å². The third kappa shape index (κ3) is 3.25. The van der Waals surface area contributed by atoms with Gasteiger partial charge in [0.15, 0.2) is 12.3 Å². The number of esters is 1. The van der Waals surface area contributed by atoms with E-state index in [9.17, 15) is 4.79 Å². The van der Waals surface area contributed by atoms with Gasteiger partial charge in [-0.25, -0.2) is 4.79 Å². The summed E-state index contributed by atoms with van der Waals surface area (Å²) in [6, 6.07) is 10.5. The molecular weight excluding hydrogens is 302 g/mol. The van der Waals surface area contributed by atoms with Gasteiger partial charge >= 0.3 is 5.97 Å². The van der Waals surface area contributed by atoms with Crippen molar-refractivity contribution in [1.82, 2.24) is 14.6 Å². The fraction of sp³-hybridized carbons (Fsp3) is 0.0625. The molecule has 1 aromatic carbocycles. The number of hydrogen-bond acceptors (Lipinski definition) is 4. The first kappa shape index (κ1) is 14.1. The van der Waals surface area contributed by atoms with Crippen molar-refractivity contribution in [3.8, 4) is 11.8 Å². The predicted octanol–water partition coefficient (Wildman–Crippen LogP) is 2.59. The van der Waals surface area contributed by atoms with Crippen LogP contribution in [-0.4, -0.2) is 27.2 Å². The van der Waals surface area contributed by atoms with Crippen LogP contribution in [0.1, 0.15) is 15.9 Å². The number of benzene rings is 1. The van der Waals surface area contributed by atoms with Crippen molar-refractivity contribution in [3.05, 3.63) is 65.1 Å². The second kappa shape index (κ2) is 6.29. The predicted molar refractivity (Wildman–Crippen MR) is 81.6 cm³/mol. The maximum absolute atomic E-state index is 11.9. The number of ether oxygens (including phenoxy) is 1. The topological polar surface area (TPSA) is 56.5 Å². The van der Waals surface area contributed by atoms with E-state index < -0.39 is 5.97 Å². The molecule has 0 aliphatic carbocycles. The molecule has 2 heterocycles. The lowest BCUT2D eigenvalue weighted by molar-refractivity contribution is 0.0556. The van der Waals surface area contributed by atoms with Gasteiger partial charge in [-0.2, -0.15) is 0 Å². The number of aromatic nitrogens is 3. The van der Waals surface area contributed by atoms with Crippen LogP contribution in [0.15, 0.2) is 48.9 Å². The summed E-state index contributed by atoms with van der Waals surface area (Å²) in [4.78, 5) is 11.9. The van der Waals surface area contributed by atoms with Crippen molar-refractivity contribution in [1.29, 1.82) is 0 Å². The van der Waals surface area contributed by atoms with Gasteiger partial charge in [0.2, 0.25) is 0 Å². The van der Waals surface area contributed by atoms with Crippen LogP contribution in [-0.2, 0) is 4.74 Å². The molecule has 0 amide bonds. The summed E-state index contributed by atoms with van der Waals surface area (Å²) >= 11 is 5.79. The van der Waals surface area contributed by atoms with E-state index in [1.54, 1.807) is 47.0 Å². The maximum atomic E-state index is 11.9. The number of fused-ring (bicyclic) bond motifs is 1. The Morgan fingerprint density at radius 1 is 1.23 bits per heavy atom. The van der Waals surface area contributed by atoms with E-state index in [4.69, 9.17) is 16.3 Å². The number of carbonyl (C=O) groups is 1. The SMILES string of the molecule is O=C(OCC#Cc1ccc(Cl)cc1)c1ccc2nncn2c1. The van der Waals surface area contributed by atoms with Crippen LogP contribution < -0.4 is 0 Å². The van der Waals surface area contributed by atoms with Gasteiger partial charge in [-0.1, -0.05) is 23.4 Å². The van der Waals surface area contributed by atoms with E-state index in [-0.39, 0.29) is 6.61 Å². The Morgan fingerprint density at radius 3 is 2.86 bits per heavy atom. The zero-order chi connectivity index (χ0) is 15.4. The van der Waals surface area contributed by atoms with Crippen LogP contribution in [0, 0.1) is 11.8 Å². The average Bonchev–Trinajstić information content (AvgIpc) is 3.00. The highest BCUT2D eigenvalue weighted by molar-refractivity contribution is 6.30. The number of rotatable bonds is 2. The summed E-state index contributed by atoms with van der Waals surface area (Å²) in [5.41, 5.74) is 1.89. The number of halogens is 1. The molecule has 0 atom stereocenters. The molecule has 0 saturated heterocycles. The van der Waals surface area contributed by atoms with E-state index >= 15 is 0 Å². The molecule has 0 saturated carbocycles. The zero-order valence-corrected chi connectivity index (χ0v) is 12.1. The lowest BCUT2D eigenvalue weighted by Crippen LogP contribution is -2.06. The quantitative estimate of drug-likeness (QED) is 0.539. The van der Waals surface area contributed by atoms with Crippen LogP contribution >= 0.6 is 11.6 Å². The van der Waals surface area contributed by atoms with Gasteiger partial charge in [0.25, 0.3) is 0 Å². The van der Waals surface area contributed by atoms with Gasteiger partial charge in [0, 0.05) is 16.8 Å². The van der Waals surface area contributed by atoms with Crippen molar-refractivity contribution >= 4 is 23.2 Å². The normalized spacial score (nSPS) is 10.0. The van der Waals surface area contributed by atoms with Gasteiger partial charge in [-0.3, -0.25) is 4.40 Å². The third-order valence-electron chi connectivity index (χ3n) is 2.88. The summed E-state index contributed by atoms with van der Waals surface area (Å²) in [6.07, 6.45) is 3.14. The Balaban J connectivity index is 1.61. The van der Waals surface area contributed by atoms with E-state index in [1.165, 1.54) is 6.33 Å². The highest BCUT2D eigenvalue weighted by Gasteiger charge is 2.07. The molecule has 0 aliphatic rings. The van der Waals surface area contributed by atoms with Crippen molar-refractivity contribution in [2.75, 3.05) is 6.61 Å². The summed E-state index contributed by atoms with van der Waals surface area (Å²) in [5, 5.41) is 8.26. The monoisotopic (exact) mass is 311 g/mol. The number of nitrogens with zero attached hydrogens (tertiary/aromatic N) is 3. The molecule has 0 unspecified atom stereocenters. The molecule has 0 fully saturated rings. The molecule has 22 heavy (non-hydrogen) atoms. The van der Waals surface area contributed by atoms with E-state index in [2.05, 4.69) is 22.0 Å². The van der Waals surface area contributed by atoms with Gasteiger partial charge in [0.1, 0.15) is 6.33 Å². The Kier molecular flexibility index (Phi) is 4.03. The first-order valence-corrected chi connectivity index (χ1v) is 6.81. The van der Waals surface area contributed by atoms with Crippen molar-refractivity contribution < 1.29 is 9.53 Å². The summed E-state index contributed by atoms with van der Waals surface area (Å²) in [6.45, 7) is 0.0156. The second-order valence-corrected chi connectivity index (χ2v) is 4.84. The molecule has 0 aliphatic heterocycles. The number of pyridine rings is 1. The number of hydrogen-bond donors (Lipinski definition) is 0. The van der Waals surface area contributed by atoms with Crippen LogP contribution in [0.2, 0.25) is 5.02 Å². The standard InChI is InChI=1S/C16H10ClN3O2/c17-14-6-3-12(4-7-14)2-1-9-22-16(21)13-5-8-15-19-18-11-20(15)10-13/h3-8,10-11H,9H2. The van der Waals surface area contributed by atoms with E-state index in [0.717, 1.165) is 5.56 Å². The minimum absolute atomic E-state index is 0.0156. The van der Waals surface area contributed by atoms with E-state index in [1.807, 2.05) is 0 Å². The number of carbonyl (C=O) groups excluding carboxylic acids is 1. The Hall–Kier alpha value is -2.84. The first-order valence-electron chi connectivity index (χ1n) is 6.43. The average molecular weight is 312 g/mol. The Morgan fingerprint density at radius 2 is 2.05 bits per heavy atom. The third-order valence-corrected chi connectivity index (χ3v) is 3.13. The molecule has 0 bridgehead atoms. The molecule has 2 aromatic heterocycles. The lowest BCUT2D eigenvalue weighted by atomic mass is 10.2. The van der Waals surface area contributed by atoms with Crippen LogP contribution in [0.4, 0.5) is 0 Å². The lowest BCUT2D eigenvalue weighted by Gasteiger charge is -2.01. The molecule has 3 rings (SSSR count). The van der Waals surface area contributed by atoms with Crippen molar-refractivity contribution in [2.24, 2.45) is 0 Å². The zero-order valence-electron chi connectivity index (χ0n) is 11.4. The fourth-order valence-electron chi connectivity index (χ4n) is 1.80. The minimum Gasteiger partial charge on any atom is -0.449 e. The summed E-state index contributed by atoms with van der Waals surface area (Å²) < 4.78 is 6.76. The minimum atomic E-state index is -0.444. The van der Waals surface area contributed by atoms with Crippen molar-refractivity contribution in [2.45, 2.75) is 0 Å². The molecular formula is C16H10ClN3O2. The summed E-state index contributed by atoms with van der Waals surface area (Å²) in [5.74, 6) is 5.24. The summed E-state index contributed by atoms with van der Waals surface area (Å²) in [7, 11) is 0. The highest BCUT2D eigenvalue weighted by Crippen LogP contribution is 2.08. The molecule has 5 nitrogen and oxygen atoms in total. The van der Waals surface area contributed by atoms with Crippen LogP contribution in [0.3, 0.4) is 0 Å². The first-order chi connectivity index (χ1) is 10.7. The highest BCUT2D eigenvalue weighted by atomic mass is 35.5.